The first kappa shape index (κ1) is 14.4. The number of nitrogens with zero attached hydrogens (tertiary/aromatic N) is 2. The molecule has 110 valence electrons. The molecular weight excluding hydrogens is 260 g/mol. The van der Waals surface area contributed by atoms with Crippen molar-refractivity contribution in [3.05, 3.63) is 17.3 Å². The topological polar surface area (TPSA) is 114 Å². The number of aryl methyl sites for hydroxylation is 2. The molecule has 0 unspecified atom stereocenters. The summed E-state index contributed by atoms with van der Waals surface area (Å²) in [6, 6.07) is 0. The molecule has 20 heavy (non-hydrogen) atoms. The van der Waals surface area contributed by atoms with Gasteiger partial charge in [0.05, 0.1) is 12.2 Å². The van der Waals surface area contributed by atoms with Crippen LogP contribution in [-0.4, -0.2) is 21.9 Å². The van der Waals surface area contributed by atoms with Crippen molar-refractivity contribution in [2.75, 3.05) is 0 Å². The van der Waals surface area contributed by atoms with E-state index in [1.807, 2.05) is 13.8 Å². The Hall–Kier alpha value is -2.05. The number of nitrogens with one attached hydrogen (secondary N) is 1. The average molecular weight is 280 g/mol. The molecule has 4 N–H and O–H groups in total. The molecular formula is C13H20N4O3. The number of rotatable bonds is 4. The van der Waals surface area contributed by atoms with Crippen molar-refractivity contribution in [1.82, 2.24) is 10.3 Å². The van der Waals surface area contributed by atoms with E-state index in [1.165, 1.54) is 0 Å². The molecule has 1 aromatic heterocycles. The van der Waals surface area contributed by atoms with Crippen LogP contribution in [-0.2, 0) is 11.3 Å². The largest absolute Gasteiger partial charge is 0.444 e. The van der Waals surface area contributed by atoms with E-state index < -0.39 is 5.41 Å². The molecule has 7 heteroatoms. The van der Waals surface area contributed by atoms with E-state index in [0.29, 0.717) is 18.7 Å². The second-order valence-electron chi connectivity index (χ2n) is 5.21. The summed E-state index contributed by atoms with van der Waals surface area (Å²) in [6.45, 7) is 3.87. The monoisotopic (exact) mass is 280 g/mol. The fraction of sp³-hybridized carbons (Fsp3) is 0.615. The van der Waals surface area contributed by atoms with Gasteiger partial charge < -0.3 is 20.7 Å². The van der Waals surface area contributed by atoms with Crippen LogP contribution in [0.1, 0.15) is 43.0 Å². The second kappa shape index (κ2) is 5.52. The zero-order valence-electron chi connectivity index (χ0n) is 11.8. The van der Waals surface area contributed by atoms with Crippen LogP contribution in [0.5, 0.6) is 0 Å². The summed E-state index contributed by atoms with van der Waals surface area (Å²) in [5.41, 5.74) is 5.62. The lowest BCUT2D eigenvalue weighted by Gasteiger charge is -2.25. The molecule has 1 aliphatic rings. The Labute approximate surface area is 117 Å². The minimum absolute atomic E-state index is 0.0211. The normalized spacial score (nSPS) is 18.2. The summed E-state index contributed by atoms with van der Waals surface area (Å²) in [7, 11) is 0. The van der Waals surface area contributed by atoms with Gasteiger partial charge in [-0.1, -0.05) is 18.0 Å². The van der Waals surface area contributed by atoms with E-state index in [4.69, 9.17) is 15.4 Å². The Morgan fingerprint density at radius 2 is 2.15 bits per heavy atom. The standard InChI is InChI=1S/C13H20N4O3/c1-8-9(2)20-10(16-8)7-15-12(18)13(11(14)17-19)5-3-4-6-13/h19H,3-7H2,1-2H3,(H2,14,17)(H,15,18). The van der Waals surface area contributed by atoms with Crippen molar-refractivity contribution in [3.8, 4) is 0 Å². The lowest BCUT2D eigenvalue weighted by Crippen LogP contribution is -2.48. The summed E-state index contributed by atoms with van der Waals surface area (Å²) in [4.78, 5) is 16.6. The molecule has 1 heterocycles. The highest BCUT2D eigenvalue weighted by molar-refractivity contribution is 6.06. The molecule has 1 saturated carbocycles. The third-order valence-electron chi connectivity index (χ3n) is 3.96. The summed E-state index contributed by atoms with van der Waals surface area (Å²) >= 11 is 0. The van der Waals surface area contributed by atoms with Gasteiger partial charge in [0, 0.05) is 0 Å². The van der Waals surface area contributed by atoms with Gasteiger partial charge in [0.15, 0.2) is 5.84 Å². The number of carbonyl (C=O) groups is 1. The second-order valence-corrected chi connectivity index (χ2v) is 5.21. The van der Waals surface area contributed by atoms with E-state index in [9.17, 15) is 4.79 Å². The van der Waals surface area contributed by atoms with Crippen LogP contribution in [0.4, 0.5) is 0 Å². The predicted octanol–water partition coefficient (Wildman–Crippen LogP) is 1.21. The lowest BCUT2D eigenvalue weighted by atomic mass is 9.84. The molecule has 0 spiro atoms. The van der Waals surface area contributed by atoms with Crippen molar-refractivity contribution in [2.24, 2.45) is 16.3 Å². The Morgan fingerprint density at radius 3 is 2.65 bits per heavy atom. The molecule has 1 fully saturated rings. The van der Waals surface area contributed by atoms with Crippen LogP contribution in [0.25, 0.3) is 0 Å². The van der Waals surface area contributed by atoms with Crippen LogP contribution >= 0.6 is 0 Å². The highest BCUT2D eigenvalue weighted by Gasteiger charge is 2.45. The minimum atomic E-state index is -0.897. The van der Waals surface area contributed by atoms with Crippen molar-refractivity contribution in [3.63, 3.8) is 0 Å². The minimum Gasteiger partial charge on any atom is -0.444 e. The van der Waals surface area contributed by atoms with Gasteiger partial charge in [-0.15, -0.1) is 0 Å². The number of oxime groups is 1. The Morgan fingerprint density at radius 1 is 1.50 bits per heavy atom. The number of oxazole rings is 1. The quantitative estimate of drug-likeness (QED) is 0.332. The van der Waals surface area contributed by atoms with Gasteiger partial charge >= 0.3 is 0 Å². The lowest BCUT2D eigenvalue weighted by molar-refractivity contribution is -0.127. The SMILES string of the molecule is Cc1nc(CNC(=O)C2(C(N)=NO)CCCC2)oc1C. The third kappa shape index (κ3) is 2.48. The van der Waals surface area contributed by atoms with Gasteiger partial charge in [-0.2, -0.15) is 0 Å². The molecule has 7 nitrogen and oxygen atoms in total. The summed E-state index contributed by atoms with van der Waals surface area (Å²) in [5, 5.41) is 14.7. The third-order valence-corrected chi connectivity index (χ3v) is 3.96. The van der Waals surface area contributed by atoms with Crippen LogP contribution in [0.2, 0.25) is 0 Å². The molecule has 1 amide bonds. The molecule has 0 atom stereocenters. The van der Waals surface area contributed by atoms with Gasteiger partial charge in [-0.3, -0.25) is 4.79 Å². The molecule has 0 saturated heterocycles. The van der Waals surface area contributed by atoms with Crippen LogP contribution in [0, 0.1) is 19.3 Å². The fourth-order valence-corrected chi connectivity index (χ4v) is 2.61. The number of amides is 1. The first-order valence-electron chi connectivity index (χ1n) is 6.69. The fourth-order valence-electron chi connectivity index (χ4n) is 2.61. The van der Waals surface area contributed by atoms with Gasteiger partial charge in [-0.25, -0.2) is 4.98 Å². The Balaban J connectivity index is 2.06. The number of hydrogen-bond acceptors (Lipinski definition) is 5. The van der Waals surface area contributed by atoms with Crippen molar-refractivity contribution < 1.29 is 14.4 Å². The number of hydrogen-bond donors (Lipinski definition) is 3. The number of aromatic nitrogens is 1. The summed E-state index contributed by atoms with van der Waals surface area (Å²) in [6.07, 6.45) is 2.97. The zero-order valence-corrected chi connectivity index (χ0v) is 11.8. The molecule has 0 aromatic carbocycles. The zero-order chi connectivity index (χ0) is 14.8. The van der Waals surface area contributed by atoms with Gasteiger partial charge in [-0.05, 0) is 26.7 Å². The van der Waals surface area contributed by atoms with Crippen LogP contribution in [0.3, 0.4) is 0 Å². The maximum absolute atomic E-state index is 12.4. The number of carbonyl (C=O) groups excluding carboxylic acids is 1. The maximum atomic E-state index is 12.4. The van der Waals surface area contributed by atoms with Gasteiger partial charge in [0.25, 0.3) is 0 Å². The highest BCUT2D eigenvalue weighted by Crippen LogP contribution is 2.38. The van der Waals surface area contributed by atoms with E-state index in [-0.39, 0.29) is 18.3 Å². The highest BCUT2D eigenvalue weighted by atomic mass is 16.4. The van der Waals surface area contributed by atoms with E-state index >= 15 is 0 Å². The Bertz CT molecular complexity index is 510. The Kier molecular flexibility index (Phi) is 3.96. The predicted molar refractivity (Wildman–Crippen MR) is 72.1 cm³/mol. The molecule has 0 radical (unpaired) electrons. The van der Waals surface area contributed by atoms with Crippen LogP contribution in [0.15, 0.2) is 9.57 Å². The average Bonchev–Trinajstić information content (AvgIpc) is 3.04. The smallest absolute Gasteiger partial charge is 0.234 e. The van der Waals surface area contributed by atoms with E-state index in [0.717, 1.165) is 24.3 Å². The first-order valence-corrected chi connectivity index (χ1v) is 6.69. The number of nitrogens with two attached hydrogens (primary N) is 1. The summed E-state index contributed by atoms with van der Waals surface area (Å²) in [5.74, 6) is 0.938. The first-order chi connectivity index (χ1) is 9.49. The molecule has 2 rings (SSSR count). The summed E-state index contributed by atoms with van der Waals surface area (Å²) < 4.78 is 5.41. The number of amidine groups is 1. The van der Waals surface area contributed by atoms with Gasteiger partial charge in [0.2, 0.25) is 11.8 Å². The van der Waals surface area contributed by atoms with E-state index in [1.54, 1.807) is 0 Å². The molecule has 0 aliphatic heterocycles. The molecule has 0 bridgehead atoms. The maximum Gasteiger partial charge on any atom is 0.234 e. The van der Waals surface area contributed by atoms with Crippen molar-refractivity contribution in [1.29, 1.82) is 0 Å². The van der Waals surface area contributed by atoms with E-state index in [2.05, 4.69) is 15.5 Å². The van der Waals surface area contributed by atoms with Crippen molar-refractivity contribution >= 4 is 11.7 Å². The molecule has 1 aromatic rings. The molecule has 1 aliphatic carbocycles. The van der Waals surface area contributed by atoms with Gasteiger partial charge in [0.1, 0.15) is 11.2 Å². The van der Waals surface area contributed by atoms with Crippen LogP contribution < -0.4 is 11.1 Å². The van der Waals surface area contributed by atoms with Crippen molar-refractivity contribution in [2.45, 2.75) is 46.1 Å².